The summed E-state index contributed by atoms with van der Waals surface area (Å²) in [4.78, 5) is 29.8. The number of guanidine groups is 1. The Bertz CT molecular complexity index is 911. The number of aromatic nitrogens is 2. The van der Waals surface area contributed by atoms with Gasteiger partial charge in [0.25, 0.3) is 0 Å². The summed E-state index contributed by atoms with van der Waals surface area (Å²) >= 11 is 0. The number of amides is 1. The van der Waals surface area contributed by atoms with E-state index in [9.17, 15) is 4.79 Å². The molecule has 0 saturated carbocycles. The van der Waals surface area contributed by atoms with Crippen LogP contribution in [0.15, 0.2) is 47.7 Å². The van der Waals surface area contributed by atoms with Crippen LogP contribution in [0.4, 0.5) is 11.6 Å². The number of aliphatic imine (C=N–C) groups is 1. The number of anilines is 2. The van der Waals surface area contributed by atoms with E-state index in [0.29, 0.717) is 13.0 Å². The van der Waals surface area contributed by atoms with Crippen molar-refractivity contribution in [1.82, 2.24) is 25.5 Å². The van der Waals surface area contributed by atoms with Crippen LogP contribution in [0.3, 0.4) is 0 Å². The molecule has 0 bridgehead atoms. The molecule has 1 saturated heterocycles. The number of para-hydroxylation sites is 1. The number of nitrogens with one attached hydrogen (secondary N) is 3. The van der Waals surface area contributed by atoms with E-state index in [1.807, 2.05) is 24.3 Å². The van der Waals surface area contributed by atoms with Crippen LogP contribution in [-0.2, 0) is 4.79 Å². The fourth-order valence-corrected chi connectivity index (χ4v) is 4.26. The van der Waals surface area contributed by atoms with Crippen LogP contribution in [0.1, 0.15) is 24.3 Å². The Morgan fingerprint density at radius 2 is 1.91 bits per heavy atom. The van der Waals surface area contributed by atoms with Gasteiger partial charge in [-0.25, -0.2) is 9.97 Å². The molecule has 1 atom stereocenters. The minimum absolute atomic E-state index is 0.0670. The van der Waals surface area contributed by atoms with Gasteiger partial charge in [0.05, 0.1) is 0 Å². The average Bonchev–Trinajstić information content (AvgIpc) is 2.84. The van der Waals surface area contributed by atoms with E-state index in [1.165, 1.54) is 5.56 Å². The van der Waals surface area contributed by atoms with Crippen LogP contribution in [0, 0.1) is 0 Å². The van der Waals surface area contributed by atoms with Gasteiger partial charge >= 0.3 is 0 Å². The Labute approximate surface area is 189 Å². The second-order valence-electron chi connectivity index (χ2n) is 8.15. The summed E-state index contributed by atoms with van der Waals surface area (Å²) in [5.41, 5.74) is 2.09. The molecule has 1 aromatic carbocycles. The van der Waals surface area contributed by atoms with Crippen LogP contribution in [0.5, 0.6) is 0 Å². The highest BCUT2D eigenvalue weighted by atomic mass is 16.1. The van der Waals surface area contributed by atoms with E-state index >= 15 is 0 Å². The SMILES string of the molecule is CN=C(NCCCN1CCN(c2ncccn2)CC1)NCC1CC(=O)Nc2ccccc21. The lowest BCUT2D eigenvalue weighted by atomic mass is 9.90. The van der Waals surface area contributed by atoms with Crippen LogP contribution in [0.2, 0.25) is 0 Å². The number of carbonyl (C=O) groups is 1. The highest BCUT2D eigenvalue weighted by Crippen LogP contribution is 2.31. The van der Waals surface area contributed by atoms with Gasteiger partial charge in [-0.3, -0.25) is 14.7 Å². The molecule has 0 aliphatic carbocycles. The molecule has 0 radical (unpaired) electrons. The number of carbonyl (C=O) groups excluding carboxylic acids is 1. The van der Waals surface area contributed by atoms with Gasteiger partial charge in [0.1, 0.15) is 0 Å². The molecule has 2 aliphatic rings. The third kappa shape index (κ3) is 5.73. The van der Waals surface area contributed by atoms with E-state index in [-0.39, 0.29) is 11.8 Å². The first-order chi connectivity index (χ1) is 15.7. The number of hydrogen-bond donors (Lipinski definition) is 3. The number of nitrogens with zero attached hydrogens (tertiary/aromatic N) is 5. The normalized spacial score (nSPS) is 19.3. The second-order valence-corrected chi connectivity index (χ2v) is 8.15. The predicted octanol–water partition coefficient (Wildman–Crippen LogP) is 1.28. The number of benzene rings is 1. The zero-order valence-electron chi connectivity index (χ0n) is 18.6. The van der Waals surface area contributed by atoms with Crippen molar-refractivity contribution < 1.29 is 4.79 Å². The quantitative estimate of drug-likeness (QED) is 0.342. The highest BCUT2D eigenvalue weighted by molar-refractivity contribution is 5.94. The summed E-state index contributed by atoms with van der Waals surface area (Å²) < 4.78 is 0. The average molecular weight is 437 g/mol. The summed E-state index contributed by atoms with van der Waals surface area (Å²) in [5.74, 6) is 1.81. The Hall–Kier alpha value is -3.20. The van der Waals surface area contributed by atoms with Gasteiger partial charge in [0.2, 0.25) is 11.9 Å². The van der Waals surface area contributed by atoms with E-state index in [0.717, 1.165) is 63.3 Å². The summed E-state index contributed by atoms with van der Waals surface area (Å²) in [6, 6.07) is 9.86. The van der Waals surface area contributed by atoms with Crippen LogP contribution in [0.25, 0.3) is 0 Å². The molecular weight excluding hydrogens is 404 g/mol. The molecule has 4 rings (SSSR count). The van der Waals surface area contributed by atoms with Crippen LogP contribution < -0.4 is 20.9 Å². The molecule has 9 nitrogen and oxygen atoms in total. The van der Waals surface area contributed by atoms with Gasteiger partial charge < -0.3 is 20.9 Å². The topological polar surface area (TPSA) is 97.8 Å². The molecule has 32 heavy (non-hydrogen) atoms. The minimum atomic E-state index is 0.0670. The molecule has 3 heterocycles. The van der Waals surface area contributed by atoms with Crippen molar-refractivity contribution in [2.24, 2.45) is 4.99 Å². The third-order valence-corrected chi connectivity index (χ3v) is 6.00. The predicted molar refractivity (Wildman–Crippen MR) is 127 cm³/mol. The van der Waals surface area contributed by atoms with Gasteiger partial charge in [0, 0.05) is 76.7 Å². The molecule has 1 fully saturated rings. The highest BCUT2D eigenvalue weighted by Gasteiger charge is 2.24. The molecule has 0 spiro atoms. The first-order valence-corrected chi connectivity index (χ1v) is 11.3. The van der Waals surface area contributed by atoms with Gasteiger partial charge in [-0.1, -0.05) is 18.2 Å². The van der Waals surface area contributed by atoms with E-state index in [1.54, 1.807) is 19.4 Å². The van der Waals surface area contributed by atoms with Crippen molar-refractivity contribution in [3.05, 3.63) is 48.3 Å². The van der Waals surface area contributed by atoms with Gasteiger partial charge in [-0.2, -0.15) is 0 Å². The fraction of sp³-hybridized carbons (Fsp3) is 0.478. The van der Waals surface area contributed by atoms with Crippen molar-refractivity contribution in [3.8, 4) is 0 Å². The minimum Gasteiger partial charge on any atom is -0.356 e. The lowest BCUT2D eigenvalue weighted by Crippen LogP contribution is -2.47. The number of piperazine rings is 1. The molecule has 2 aliphatic heterocycles. The van der Waals surface area contributed by atoms with Crippen molar-refractivity contribution in [2.45, 2.75) is 18.8 Å². The Kier molecular flexibility index (Phi) is 7.50. The summed E-state index contributed by atoms with van der Waals surface area (Å²) in [6.45, 7) is 6.53. The molecule has 170 valence electrons. The number of rotatable bonds is 7. The first kappa shape index (κ1) is 22.0. The van der Waals surface area contributed by atoms with Crippen LogP contribution in [-0.4, -0.2) is 79.6 Å². The van der Waals surface area contributed by atoms with E-state index in [2.05, 4.69) is 46.8 Å². The maximum atomic E-state index is 12.0. The van der Waals surface area contributed by atoms with E-state index in [4.69, 9.17) is 0 Å². The Balaban J connectivity index is 1.15. The molecule has 9 heteroatoms. The monoisotopic (exact) mass is 436 g/mol. The Morgan fingerprint density at radius 3 is 2.69 bits per heavy atom. The lowest BCUT2D eigenvalue weighted by Gasteiger charge is -2.34. The zero-order chi connectivity index (χ0) is 22.2. The summed E-state index contributed by atoms with van der Waals surface area (Å²) in [7, 11) is 1.78. The molecule has 1 unspecified atom stereocenters. The maximum absolute atomic E-state index is 12.0. The molecular formula is C23H32N8O. The third-order valence-electron chi connectivity index (χ3n) is 6.00. The summed E-state index contributed by atoms with van der Waals surface area (Å²) in [6.07, 6.45) is 5.12. The van der Waals surface area contributed by atoms with Gasteiger partial charge in [-0.15, -0.1) is 0 Å². The van der Waals surface area contributed by atoms with Crippen molar-refractivity contribution in [2.75, 3.05) is 63.1 Å². The second kappa shape index (κ2) is 10.9. The number of hydrogen-bond acceptors (Lipinski definition) is 6. The largest absolute Gasteiger partial charge is 0.356 e. The maximum Gasteiger partial charge on any atom is 0.225 e. The molecule has 1 aromatic heterocycles. The smallest absolute Gasteiger partial charge is 0.225 e. The van der Waals surface area contributed by atoms with Crippen molar-refractivity contribution >= 4 is 23.5 Å². The molecule has 2 aromatic rings. The summed E-state index contributed by atoms with van der Waals surface area (Å²) in [5, 5.41) is 9.74. The Morgan fingerprint density at radius 1 is 1.12 bits per heavy atom. The van der Waals surface area contributed by atoms with Crippen molar-refractivity contribution in [1.29, 1.82) is 0 Å². The van der Waals surface area contributed by atoms with Crippen LogP contribution >= 0.6 is 0 Å². The fourth-order valence-electron chi connectivity index (χ4n) is 4.26. The zero-order valence-corrected chi connectivity index (χ0v) is 18.6. The number of fused-ring (bicyclic) bond motifs is 1. The van der Waals surface area contributed by atoms with Crippen molar-refractivity contribution in [3.63, 3.8) is 0 Å². The van der Waals surface area contributed by atoms with Gasteiger partial charge in [0.15, 0.2) is 5.96 Å². The molecule has 1 amide bonds. The van der Waals surface area contributed by atoms with Gasteiger partial charge in [-0.05, 0) is 30.7 Å². The molecule has 3 N–H and O–H groups in total. The lowest BCUT2D eigenvalue weighted by molar-refractivity contribution is -0.116. The first-order valence-electron chi connectivity index (χ1n) is 11.3. The van der Waals surface area contributed by atoms with E-state index < -0.39 is 0 Å². The standard InChI is InChI=1S/C23H32N8O/c1-24-22(28-17-18-16-21(32)29-20-7-3-2-6-19(18)20)25-10-5-11-30-12-14-31(15-13-30)23-26-8-4-9-27-23/h2-4,6-9,18H,5,10-17H2,1H3,(H,29,32)(H2,24,25,28).